The molecule has 144 valence electrons. The van der Waals surface area contributed by atoms with E-state index in [0.717, 1.165) is 48.2 Å². The van der Waals surface area contributed by atoms with E-state index in [1.807, 2.05) is 32.0 Å². The summed E-state index contributed by atoms with van der Waals surface area (Å²) >= 11 is 1.46. The number of aromatic nitrogens is 3. The maximum Gasteiger partial charge on any atom is 0.234 e. The predicted molar refractivity (Wildman–Crippen MR) is 106 cm³/mol. The molecule has 1 aromatic heterocycles. The third kappa shape index (κ3) is 4.35. The van der Waals surface area contributed by atoms with E-state index < -0.39 is 0 Å². The van der Waals surface area contributed by atoms with Gasteiger partial charge < -0.3 is 14.6 Å². The van der Waals surface area contributed by atoms with E-state index in [1.54, 1.807) is 0 Å². The van der Waals surface area contributed by atoms with Crippen LogP contribution in [0.25, 0.3) is 0 Å². The summed E-state index contributed by atoms with van der Waals surface area (Å²) in [6, 6.07) is 5.95. The molecule has 0 radical (unpaired) electrons. The van der Waals surface area contributed by atoms with Gasteiger partial charge in [0.1, 0.15) is 5.82 Å². The summed E-state index contributed by atoms with van der Waals surface area (Å²) in [5.41, 5.74) is 3.15. The van der Waals surface area contributed by atoms with Crippen molar-refractivity contribution in [3.63, 3.8) is 0 Å². The van der Waals surface area contributed by atoms with Crippen molar-refractivity contribution in [2.24, 2.45) is 0 Å². The summed E-state index contributed by atoms with van der Waals surface area (Å²) in [5.74, 6) is 1.88. The normalized spacial score (nSPS) is 19.4. The number of rotatable bonds is 7. The Morgan fingerprint density at radius 1 is 1.30 bits per heavy atom. The quantitative estimate of drug-likeness (QED) is 0.735. The van der Waals surface area contributed by atoms with Gasteiger partial charge in [0.05, 0.1) is 18.4 Å². The third-order valence-electron chi connectivity index (χ3n) is 5.31. The van der Waals surface area contributed by atoms with Crippen LogP contribution in [-0.4, -0.2) is 39.1 Å². The Bertz CT molecular complexity index is 825. The molecular formula is C20H26N4O2S. The second-order valence-electron chi connectivity index (χ2n) is 7.45. The van der Waals surface area contributed by atoms with Crippen LogP contribution in [0.1, 0.15) is 48.6 Å². The predicted octanol–water partition coefficient (Wildman–Crippen LogP) is 3.68. The molecule has 2 aliphatic rings. The molecule has 0 spiro atoms. The van der Waals surface area contributed by atoms with Crippen LogP contribution in [0.4, 0.5) is 5.69 Å². The first-order chi connectivity index (χ1) is 13.1. The minimum atomic E-state index is -0.0201. The molecule has 1 saturated heterocycles. The lowest BCUT2D eigenvalue weighted by Crippen LogP contribution is -2.19. The maximum atomic E-state index is 12.4. The van der Waals surface area contributed by atoms with Crippen molar-refractivity contribution in [1.82, 2.24) is 14.8 Å². The minimum Gasteiger partial charge on any atom is -0.376 e. The molecule has 1 aliphatic heterocycles. The molecule has 1 amide bonds. The fourth-order valence-corrected chi connectivity index (χ4v) is 4.17. The van der Waals surface area contributed by atoms with Crippen molar-refractivity contribution >= 4 is 23.4 Å². The van der Waals surface area contributed by atoms with Crippen molar-refractivity contribution in [2.45, 2.75) is 63.3 Å². The SMILES string of the molecule is Cc1cccc(NC(=O)CSc2nnc(C3CC3)n2C[C@H]2CCCO2)c1C. The zero-order chi connectivity index (χ0) is 18.8. The first-order valence-electron chi connectivity index (χ1n) is 9.65. The van der Waals surface area contributed by atoms with Crippen molar-refractivity contribution in [2.75, 3.05) is 17.7 Å². The van der Waals surface area contributed by atoms with Crippen molar-refractivity contribution in [3.8, 4) is 0 Å². The summed E-state index contributed by atoms with van der Waals surface area (Å²) in [4.78, 5) is 12.4. The van der Waals surface area contributed by atoms with Gasteiger partial charge in [0.25, 0.3) is 0 Å². The van der Waals surface area contributed by atoms with Crippen LogP contribution in [-0.2, 0) is 16.1 Å². The smallest absolute Gasteiger partial charge is 0.234 e. The molecular weight excluding hydrogens is 360 g/mol. The highest BCUT2D eigenvalue weighted by molar-refractivity contribution is 7.99. The number of hydrogen-bond donors (Lipinski definition) is 1. The molecule has 2 fully saturated rings. The summed E-state index contributed by atoms with van der Waals surface area (Å²) in [7, 11) is 0. The summed E-state index contributed by atoms with van der Waals surface area (Å²) < 4.78 is 7.98. The molecule has 1 aliphatic carbocycles. The average molecular weight is 387 g/mol. The molecule has 1 aromatic carbocycles. The molecule has 2 aromatic rings. The van der Waals surface area contributed by atoms with Crippen LogP contribution >= 0.6 is 11.8 Å². The van der Waals surface area contributed by atoms with Gasteiger partial charge >= 0.3 is 0 Å². The highest BCUT2D eigenvalue weighted by Gasteiger charge is 2.32. The van der Waals surface area contributed by atoms with Crippen LogP contribution in [0, 0.1) is 13.8 Å². The molecule has 4 rings (SSSR count). The van der Waals surface area contributed by atoms with Crippen molar-refractivity contribution in [3.05, 3.63) is 35.2 Å². The standard InChI is InChI=1S/C20H26N4O2S/c1-13-5-3-7-17(14(13)2)21-18(25)12-27-20-23-22-19(15-8-9-15)24(20)11-16-6-4-10-26-16/h3,5,7,15-16H,4,6,8-12H2,1-2H3,(H,21,25)/t16-/m1/s1. The van der Waals surface area contributed by atoms with Gasteiger partial charge in [-0.05, 0) is 56.7 Å². The number of thioether (sulfide) groups is 1. The second kappa shape index (κ2) is 8.02. The van der Waals surface area contributed by atoms with E-state index in [-0.39, 0.29) is 12.0 Å². The van der Waals surface area contributed by atoms with E-state index in [4.69, 9.17) is 4.74 Å². The van der Waals surface area contributed by atoms with E-state index in [2.05, 4.69) is 20.1 Å². The molecule has 27 heavy (non-hydrogen) atoms. The highest BCUT2D eigenvalue weighted by atomic mass is 32.2. The molecule has 1 atom stereocenters. The average Bonchev–Trinajstić information content (AvgIpc) is 3.22. The van der Waals surface area contributed by atoms with Crippen molar-refractivity contribution in [1.29, 1.82) is 0 Å². The zero-order valence-electron chi connectivity index (χ0n) is 15.9. The number of nitrogens with zero attached hydrogens (tertiary/aromatic N) is 3. The van der Waals surface area contributed by atoms with Gasteiger partial charge in [-0.15, -0.1) is 10.2 Å². The molecule has 1 saturated carbocycles. The number of amides is 1. The number of anilines is 1. The number of hydrogen-bond acceptors (Lipinski definition) is 5. The number of carbonyl (C=O) groups excluding carboxylic acids is 1. The number of nitrogens with one attached hydrogen (secondary N) is 1. The van der Waals surface area contributed by atoms with Crippen LogP contribution in [0.3, 0.4) is 0 Å². The van der Waals surface area contributed by atoms with E-state index in [1.165, 1.54) is 30.2 Å². The monoisotopic (exact) mass is 386 g/mol. The molecule has 6 nitrogen and oxygen atoms in total. The van der Waals surface area contributed by atoms with Crippen LogP contribution in [0.2, 0.25) is 0 Å². The van der Waals surface area contributed by atoms with Gasteiger partial charge in [-0.3, -0.25) is 4.79 Å². The van der Waals surface area contributed by atoms with E-state index >= 15 is 0 Å². The first-order valence-corrected chi connectivity index (χ1v) is 10.6. The van der Waals surface area contributed by atoms with Gasteiger partial charge in [0.15, 0.2) is 5.16 Å². The maximum absolute atomic E-state index is 12.4. The third-order valence-corrected chi connectivity index (χ3v) is 6.28. The number of aryl methyl sites for hydroxylation is 1. The Balaban J connectivity index is 1.41. The Kier molecular flexibility index (Phi) is 5.50. The number of ether oxygens (including phenoxy) is 1. The minimum absolute atomic E-state index is 0.0201. The Labute approximate surface area is 164 Å². The van der Waals surface area contributed by atoms with Gasteiger partial charge in [-0.1, -0.05) is 23.9 Å². The Morgan fingerprint density at radius 3 is 2.89 bits per heavy atom. The molecule has 0 bridgehead atoms. The molecule has 1 N–H and O–H groups in total. The lowest BCUT2D eigenvalue weighted by atomic mass is 10.1. The first kappa shape index (κ1) is 18.5. The fourth-order valence-electron chi connectivity index (χ4n) is 3.42. The highest BCUT2D eigenvalue weighted by Crippen LogP contribution is 2.40. The molecule has 0 unspecified atom stereocenters. The second-order valence-corrected chi connectivity index (χ2v) is 8.39. The van der Waals surface area contributed by atoms with Gasteiger partial charge in [0.2, 0.25) is 5.91 Å². The summed E-state index contributed by atoms with van der Waals surface area (Å²) in [6.07, 6.45) is 4.80. The molecule has 2 heterocycles. The van der Waals surface area contributed by atoms with Gasteiger partial charge in [-0.2, -0.15) is 0 Å². The number of carbonyl (C=O) groups is 1. The lowest BCUT2D eigenvalue weighted by Gasteiger charge is -2.14. The summed E-state index contributed by atoms with van der Waals surface area (Å²) in [5, 5.41) is 12.6. The largest absolute Gasteiger partial charge is 0.376 e. The van der Waals surface area contributed by atoms with Gasteiger partial charge in [-0.25, -0.2) is 0 Å². The van der Waals surface area contributed by atoms with Gasteiger partial charge in [0, 0.05) is 18.2 Å². The Morgan fingerprint density at radius 2 is 2.15 bits per heavy atom. The molecule has 7 heteroatoms. The van der Waals surface area contributed by atoms with Crippen LogP contribution < -0.4 is 5.32 Å². The van der Waals surface area contributed by atoms with E-state index in [0.29, 0.717) is 11.7 Å². The Hall–Kier alpha value is -1.86. The van der Waals surface area contributed by atoms with E-state index in [9.17, 15) is 4.79 Å². The zero-order valence-corrected chi connectivity index (χ0v) is 16.7. The van der Waals surface area contributed by atoms with Crippen LogP contribution in [0.15, 0.2) is 23.4 Å². The topological polar surface area (TPSA) is 69.0 Å². The summed E-state index contributed by atoms with van der Waals surface area (Å²) in [6.45, 7) is 5.71. The van der Waals surface area contributed by atoms with Crippen LogP contribution in [0.5, 0.6) is 0 Å². The fraction of sp³-hybridized carbons (Fsp3) is 0.550. The lowest BCUT2D eigenvalue weighted by molar-refractivity contribution is -0.113. The number of benzene rings is 1. The van der Waals surface area contributed by atoms with Crippen molar-refractivity contribution < 1.29 is 9.53 Å².